The molecule has 2 fully saturated rings. The molecule has 5 heteroatoms. The van der Waals surface area contributed by atoms with Gasteiger partial charge in [-0.05, 0) is 19.8 Å². The number of β-amino-alcohol motifs (C(OH)–C–C–N with tert-alkyl or cyclic N) is 1. The van der Waals surface area contributed by atoms with Crippen LogP contribution in [0.5, 0.6) is 0 Å². The fourth-order valence-electron chi connectivity index (χ4n) is 2.54. The van der Waals surface area contributed by atoms with Gasteiger partial charge in [-0.2, -0.15) is 0 Å². The van der Waals surface area contributed by atoms with Crippen molar-refractivity contribution in [2.24, 2.45) is 0 Å². The van der Waals surface area contributed by atoms with Crippen molar-refractivity contribution < 1.29 is 14.6 Å². The SMILES string of the molecule is CC1OCCC1N(C)C(=O)C1CC(O)CN1. The molecule has 2 heterocycles. The van der Waals surface area contributed by atoms with Gasteiger partial charge in [-0.15, -0.1) is 0 Å². The number of hydrogen-bond donors (Lipinski definition) is 2. The van der Waals surface area contributed by atoms with Gasteiger partial charge in [-0.1, -0.05) is 0 Å². The van der Waals surface area contributed by atoms with Crippen LogP contribution in [0.2, 0.25) is 0 Å². The van der Waals surface area contributed by atoms with Gasteiger partial charge in [0.15, 0.2) is 0 Å². The molecule has 0 aromatic heterocycles. The zero-order valence-electron chi connectivity index (χ0n) is 9.85. The molecule has 0 aromatic rings. The van der Waals surface area contributed by atoms with E-state index in [1.807, 2.05) is 14.0 Å². The summed E-state index contributed by atoms with van der Waals surface area (Å²) in [5, 5.41) is 12.4. The minimum atomic E-state index is -0.389. The van der Waals surface area contributed by atoms with Crippen LogP contribution in [0.3, 0.4) is 0 Å². The normalized spacial score (nSPS) is 38.9. The Bertz CT molecular complexity index is 272. The molecule has 0 radical (unpaired) electrons. The standard InChI is InChI=1S/C11H20N2O3/c1-7-10(3-4-16-7)13(2)11(15)9-5-8(14)6-12-9/h7-10,12,14H,3-6H2,1-2H3. The fraction of sp³-hybridized carbons (Fsp3) is 0.909. The summed E-state index contributed by atoms with van der Waals surface area (Å²) in [6.07, 6.45) is 1.14. The maximum Gasteiger partial charge on any atom is 0.239 e. The molecule has 2 saturated heterocycles. The number of hydrogen-bond acceptors (Lipinski definition) is 4. The second-order valence-corrected chi connectivity index (χ2v) is 4.73. The Hall–Kier alpha value is -0.650. The summed E-state index contributed by atoms with van der Waals surface area (Å²) in [5.41, 5.74) is 0. The highest BCUT2D eigenvalue weighted by atomic mass is 16.5. The van der Waals surface area contributed by atoms with E-state index in [2.05, 4.69) is 5.32 Å². The van der Waals surface area contributed by atoms with Crippen molar-refractivity contribution in [3.8, 4) is 0 Å². The lowest BCUT2D eigenvalue weighted by molar-refractivity contribution is -0.134. The fourth-order valence-corrected chi connectivity index (χ4v) is 2.54. The molecule has 5 nitrogen and oxygen atoms in total. The van der Waals surface area contributed by atoms with Crippen molar-refractivity contribution >= 4 is 5.91 Å². The number of nitrogens with zero attached hydrogens (tertiary/aromatic N) is 1. The van der Waals surface area contributed by atoms with E-state index in [0.717, 1.165) is 13.0 Å². The molecule has 4 atom stereocenters. The highest BCUT2D eigenvalue weighted by Crippen LogP contribution is 2.20. The van der Waals surface area contributed by atoms with Crippen LogP contribution in [0.1, 0.15) is 19.8 Å². The van der Waals surface area contributed by atoms with Crippen LogP contribution in [0.4, 0.5) is 0 Å². The van der Waals surface area contributed by atoms with Gasteiger partial charge in [0.2, 0.25) is 5.91 Å². The smallest absolute Gasteiger partial charge is 0.239 e. The van der Waals surface area contributed by atoms with Gasteiger partial charge in [-0.3, -0.25) is 4.79 Å². The lowest BCUT2D eigenvalue weighted by Crippen LogP contribution is -2.48. The molecular formula is C11H20N2O3. The molecule has 0 spiro atoms. The second-order valence-electron chi connectivity index (χ2n) is 4.73. The molecule has 16 heavy (non-hydrogen) atoms. The van der Waals surface area contributed by atoms with Gasteiger partial charge in [0.1, 0.15) is 0 Å². The molecule has 92 valence electrons. The topological polar surface area (TPSA) is 61.8 Å². The van der Waals surface area contributed by atoms with Crippen LogP contribution in [0.25, 0.3) is 0 Å². The van der Waals surface area contributed by atoms with Crippen molar-refractivity contribution in [3.05, 3.63) is 0 Å². The average Bonchev–Trinajstić information content (AvgIpc) is 2.85. The van der Waals surface area contributed by atoms with Crippen LogP contribution >= 0.6 is 0 Å². The number of aliphatic hydroxyl groups is 1. The summed E-state index contributed by atoms with van der Waals surface area (Å²) in [5.74, 6) is 0.0684. The van der Waals surface area contributed by atoms with Crippen LogP contribution in [0.15, 0.2) is 0 Å². The molecule has 0 aliphatic carbocycles. The van der Waals surface area contributed by atoms with E-state index in [1.54, 1.807) is 4.90 Å². The highest BCUT2D eigenvalue weighted by molar-refractivity contribution is 5.82. The van der Waals surface area contributed by atoms with E-state index < -0.39 is 0 Å². The lowest BCUT2D eigenvalue weighted by atomic mass is 10.1. The van der Waals surface area contributed by atoms with Crippen molar-refractivity contribution in [1.82, 2.24) is 10.2 Å². The predicted octanol–water partition coefficient (Wildman–Crippen LogP) is -0.655. The first-order valence-corrected chi connectivity index (χ1v) is 5.89. The third kappa shape index (κ3) is 2.21. The largest absolute Gasteiger partial charge is 0.392 e. The van der Waals surface area contributed by atoms with Gasteiger partial charge >= 0.3 is 0 Å². The van der Waals surface area contributed by atoms with Gasteiger partial charge < -0.3 is 20.1 Å². The molecule has 1 amide bonds. The quantitative estimate of drug-likeness (QED) is 0.659. The van der Waals surface area contributed by atoms with Gasteiger partial charge in [0.05, 0.1) is 24.3 Å². The minimum absolute atomic E-state index is 0.0684. The van der Waals surface area contributed by atoms with Crippen molar-refractivity contribution in [2.75, 3.05) is 20.2 Å². The van der Waals surface area contributed by atoms with Crippen molar-refractivity contribution in [3.63, 3.8) is 0 Å². The van der Waals surface area contributed by atoms with Crippen LogP contribution in [-0.4, -0.2) is 60.4 Å². The predicted molar refractivity (Wildman–Crippen MR) is 59.0 cm³/mol. The summed E-state index contributed by atoms with van der Waals surface area (Å²) in [6.45, 7) is 3.24. The number of aliphatic hydroxyl groups excluding tert-OH is 1. The molecule has 2 N–H and O–H groups in total. The van der Waals surface area contributed by atoms with E-state index >= 15 is 0 Å². The molecule has 0 bridgehead atoms. The first kappa shape index (κ1) is 11.8. The maximum absolute atomic E-state index is 12.1. The number of amides is 1. The number of carbonyl (C=O) groups is 1. The molecule has 0 aromatic carbocycles. The van der Waals surface area contributed by atoms with E-state index in [0.29, 0.717) is 13.0 Å². The van der Waals surface area contributed by atoms with E-state index in [-0.39, 0.29) is 30.2 Å². The summed E-state index contributed by atoms with van der Waals surface area (Å²) >= 11 is 0. The average molecular weight is 228 g/mol. The molecule has 2 aliphatic rings. The molecule has 2 aliphatic heterocycles. The molecule has 0 saturated carbocycles. The molecular weight excluding hydrogens is 208 g/mol. The molecule has 2 rings (SSSR count). The van der Waals surface area contributed by atoms with Gasteiger partial charge in [-0.25, -0.2) is 0 Å². The second kappa shape index (κ2) is 4.69. The lowest BCUT2D eigenvalue weighted by Gasteiger charge is -2.29. The third-order valence-corrected chi connectivity index (χ3v) is 3.59. The third-order valence-electron chi connectivity index (χ3n) is 3.59. The van der Waals surface area contributed by atoms with Gasteiger partial charge in [0.25, 0.3) is 0 Å². The summed E-state index contributed by atoms with van der Waals surface area (Å²) < 4.78 is 5.46. The monoisotopic (exact) mass is 228 g/mol. The first-order valence-electron chi connectivity index (χ1n) is 5.89. The van der Waals surface area contributed by atoms with E-state index in [4.69, 9.17) is 4.74 Å². The van der Waals surface area contributed by atoms with E-state index in [9.17, 15) is 9.90 Å². The number of nitrogens with one attached hydrogen (secondary N) is 1. The first-order chi connectivity index (χ1) is 7.59. The summed E-state index contributed by atoms with van der Waals surface area (Å²) in [6, 6.07) is -0.0557. The highest BCUT2D eigenvalue weighted by Gasteiger charge is 2.36. The number of likely N-dealkylation sites (N-methyl/N-ethyl adjacent to an activating group) is 1. The Kier molecular flexibility index (Phi) is 3.47. The van der Waals surface area contributed by atoms with Crippen LogP contribution < -0.4 is 5.32 Å². The van der Waals surface area contributed by atoms with Gasteiger partial charge in [0, 0.05) is 20.2 Å². The Balaban J connectivity index is 1.93. The van der Waals surface area contributed by atoms with Crippen molar-refractivity contribution in [2.45, 2.75) is 44.1 Å². The summed E-state index contributed by atoms with van der Waals surface area (Å²) in [4.78, 5) is 13.9. The Morgan fingerprint density at radius 3 is 2.81 bits per heavy atom. The minimum Gasteiger partial charge on any atom is -0.392 e. The Morgan fingerprint density at radius 2 is 2.31 bits per heavy atom. The van der Waals surface area contributed by atoms with Crippen LogP contribution in [0, 0.1) is 0 Å². The van der Waals surface area contributed by atoms with E-state index in [1.165, 1.54) is 0 Å². The number of rotatable bonds is 2. The van der Waals surface area contributed by atoms with Crippen molar-refractivity contribution in [1.29, 1.82) is 0 Å². The summed E-state index contributed by atoms with van der Waals surface area (Å²) in [7, 11) is 1.82. The van der Waals surface area contributed by atoms with Crippen LogP contribution in [-0.2, 0) is 9.53 Å². The Morgan fingerprint density at radius 1 is 1.56 bits per heavy atom. The zero-order chi connectivity index (χ0) is 11.7. The maximum atomic E-state index is 12.1. The Labute approximate surface area is 95.8 Å². The molecule has 4 unspecified atom stereocenters. The zero-order valence-corrected chi connectivity index (χ0v) is 9.85. The number of ether oxygens (including phenoxy) is 1. The number of carbonyl (C=O) groups excluding carboxylic acids is 1.